The molecule has 0 saturated carbocycles. The number of hydrogen-bond acceptors (Lipinski definition) is 13. The van der Waals surface area contributed by atoms with Crippen molar-refractivity contribution in [1.29, 1.82) is 0 Å². The standard InChI is InChI=1S/C19H35N2O14P/c1-4-9-13(24)11(20)16(19(32-9)35-36(29,30)31-6-7(2)17(27)28)34-18-12(21-8(3)23)15(26)14(25)10(5-22)33-18/h7,9-16,18-19,22,24-26H,4-6,20H2,1-3H3,(H,21,23)(H,27,28)(H,29,30)/t7-,9+,10?,11?,12?,13?,14+,15+,16+,18-,19-/m0/s1. The molecule has 0 bridgehead atoms. The van der Waals surface area contributed by atoms with E-state index in [1.165, 1.54) is 6.92 Å². The van der Waals surface area contributed by atoms with E-state index >= 15 is 0 Å². The molecule has 12 atom stereocenters. The highest BCUT2D eigenvalue weighted by molar-refractivity contribution is 7.47. The Morgan fingerprint density at radius 2 is 1.72 bits per heavy atom. The fraction of sp³-hybridized carbons (Fsp3) is 0.895. The molecular formula is C19H35N2O14P. The number of aliphatic carboxylic acids is 1. The summed E-state index contributed by atoms with van der Waals surface area (Å²) in [6.07, 6.45) is -11.6. The van der Waals surface area contributed by atoms with Crippen LogP contribution in [-0.4, -0.2) is 117 Å². The van der Waals surface area contributed by atoms with Crippen LogP contribution in [0.1, 0.15) is 27.2 Å². The summed E-state index contributed by atoms with van der Waals surface area (Å²) in [5.41, 5.74) is 6.12. The zero-order chi connectivity index (χ0) is 27.4. The predicted molar refractivity (Wildman–Crippen MR) is 117 cm³/mol. The average Bonchev–Trinajstić information content (AvgIpc) is 2.80. The summed E-state index contributed by atoms with van der Waals surface area (Å²) in [5, 5.41) is 52.0. The second-order valence-corrected chi connectivity index (χ2v) is 10.1. The molecule has 2 heterocycles. The first-order valence-corrected chi connectivity index (χ1v) is 12.7. The van der Waals surface area contributed by atoms with E-state index in [0.717, 1.165) is 6.92 Å². The van der Waals surface area contributed by atoms with Crippen molar-refractivity contribution in [3.63, 3.8) is 0 Å². The van der Waals surface area contributed by atoms with Crippen molar-refractivity contribution < 1.29 is 67.8 Å². The molecule has 9 N–H and O–H groups in total. The summed E-state index contributed by atoms with van der Waals surface area (Å²) >= 11 is 0. The number of amides is 1. The minimum Gasteiger partial charge on any atom is -0.481 e. The van der Waals surface area contributed by atoms with E-state index in [1.807, 2.05) is 0 Å². The maximum atomic E-state index is 12.5. The van der Waals surface area contributed by atoms with E-state index in [2.05, 4.69) is 5.32 Å². The molecule has 1 amide bonds. The fourth-order valence-corrected chi connectivity index (χ4v) is 4.62. The Labute approximate surface area is 206 Å². The predicted octanol–water partition coefficient (Wildman–Crippen LogP) is -3.01. The zero-order valence-electron chi connectivity index (χ0n) is 19.9. The third-order valence-corrected chi connectivity index (χ3v) is 6.77. The molecule has 0 aromatic heterocycles. The number of aliphatic hydroxyl groups excluding tert-OH is 4. The van der Waals surface area contributed by atoms with Crippen molar-refractivity contribution in [1.82, 2.24) is 5.32 Å². The van der Waals surface area contributed by atoms with Gasteiger partial charge < -0.3 is 55.7 Å². The first-order chi connectivity index (χ1) is 16.7. The third-order valence-electron chi connectivity index (χ3n) is 5.82. The van der Waals surface area contributed by atoms with Gasteiger partial charge in [0.05, 0.1) is 37.4 Å². The Bertz CT molecular complexity index is 804. The van der Waals surface area contributed by atoms with E-state index in [-0.39, 0.29) is 6.42 Å². The van der Waals surface area contributed by atoms with Crippen LogP contribution in [0.15, 0.2) is 0 Å². The highest BCUT2D eigenvalue weighted by Gasteiger charge is 2.52. The van der Waals surface area contributed by atoms with E-state index in [0.29, 0.717) is 0 Å². The number of aliphatic hydroxyl groups is 4. The number of carbonyl (C=O) groups is 2. The monoisotopic (exact) mass is 546 g/mol. The van der Waals surface area contributed by atoms with Gasteiger partial charge >= 0.3 is 13.8 Å². The van der Waals surface area contributed by atoms with Gasteiger partial charge in [-0.3, -0.25) is 18.6 Å². The second kappa shape index (κ2) is 13.0. The van der Waals surface area contributed by atoms with Gasteiger partial charge in [-0.15, -0.1) is 0 Å². The molecule has 2 saturated heterocycles. The highest BCUT2D eigenvalue weighted by Crippen LogP contribution is 2.47. The fourth-order valence-electron chi connectivity index (χ4n) is 3.71. The Balaban J connectivity index is 2.30. The van der Waals surface area contributed by atoms with Gasteiger partial charge in [-0.05, 0) is 13.3 Å². The van der Waals surface area contributed by atoms with E-state index < -0.39 is 100 Å². The second-order valence-electron chi connectivity index (χ2n) is 8.66. The Morgan fingerprint density at radius 3 is 2.25 bits per heavy atom. The summed E-state index contributed by atoms with van der Waals surface area (Å²) in [6, 6.07) is -2.70. The largest absolute Gasteiger partial charge is 0.481 e. The molecule has 16 nitrogen and oxygen atoms in total. The Hall–Kier alpha value is -1.27. The lowest BCUT2D eigenvalue weighted by Crippen LogP contribution is -2.68. The summed E-state index contributed by atoms with van der Waals surface area (Å²) in [4.78, 5) is 32.8. The van der Waals surface area contributed by atoms with Crippen LogP contribution in [-0.2, 0) is 37.4 Å². The lowest BCUT2D eigenvalue weighted by Gasteiger charge is -2.47. The van der Waals surface area contributed by atoms with Crippen LogP contribution in [0, 0.1) is 5.92 Å². The molecule has 0 radical (unpaired) electrons. The van der Waals surface area contributed by atoms with Gasteiger partial charge in [0, 0.05) is 6.92 Å². The molecule has 0 aromatic rings. The van der Waals surface area contributed by atoms with Crippen molar-refractivity contribution in [3.05, 3.63) is 0 Å². The quantitative estimate of drug-likeness (QED) is 0.120. The number of nitrogens with two attached hydrogens (primary N) is 1. The SMILES string of the molecule is CC[C@H]1O[C@@H](OP(=O)(O)OC[C@H](C)C(=O)O)[C@H](O[C@@H]2OC(CO)[C@@H](O)[C@H](O)C2NC(C)=O)C(N)C1O. The summed E-state index contributed by atoms with van der Waals surface area (Å²) in [5.74, 6) is -3.05. The molecule has 2 fully saturated rings. The van der Waals surface area contributed by atoms with Crippen LogP contribution in [0.25, 0.3) is 0 Å². The van der Waals surface area contributed by atoms with Gasteiger partial charge in [-0.2, -0.15) is 0 Å². The number of carboxylic acids is 1. The molecule has 5 unspecified atom stereocenters. The molecule has 0 aromatic carbocycles. The van der Waals surface area contributed by atoms with Crippen LogP contribution in [0.2, 0.25) is 0 Å². The number of hydrogen-bond donors (Lipinski definition) is 8. The number of ether oxygens (including phenoxy) is 3. The molecule has 0 spiro atoms. The van der Waals surface area contributed by atoms with Gasteiger partial charge in [0.1, 0.15) is 30.5 Å². The molecule has 2 rings (SSSR count). The summed E-state index contributed by atoms with van der Waals surface area (Å²) in [6.45, 7) is 2.60. The normalized spacial score (nSPS) is 39.7. The average molecular weight is 546 g/mol. The number of nitrogens with one attached hydrogen (secondary N) is 1. The van der Waals surface area contributed by atoms with Gasteiger partial charge in [0.2, 0.25) is 5.91 Å². The highest BCUT2D eigenvalue weighted by atomic mass is 31.2. The third kappa shape index (κ3) is 7.63. The number of phosphoric acid groups is 1. The Morgan fingerprint density at radius 1 is 1.11 bits per heavy atom. The summed E-state index contributed by atoms with van der Waals surface area (Å²) in [7, 11) is -4.95. The van der Waals surface area contributed by atoms with Crippen LogP contribution in [0.3, 0.4) is 0 Å². The minimum absolute atomic E-state index is 0.208. The van der Waals surface area contributed by atoms with Gasteiger partial charge in [-0.25, -0.2) is 4.57 Å². The number of rotatable bonds is 11. The molecule has 36 heavy (non-hydrogen) atoms. The molecule has 2 aliphatic heterocycles. The lowest BCUT2D eigenvalue weighted by molar-refractivity contribution is -0.327. The van der Waals surface area contributed by atoms with Crippen LogP contribution >= 0.6 is 7.82 Å². The lowest BCUT2D eigenvalue weighted by atomic mass is 9.94. The maximum Gasteiger partial charge on any atom is 0.474 e. The number of carboxylic acid groups (broad SMARTS) is 1. The molecule has 0 aliphatic carbocycles. The molecule has 17 heteroatoms. The first kappa shape index (κ1) is 31.0. The molecule has 2 aliphatic rings. The van der Waals surface area contributed by atoms with Crippen molar-refractivity contribution in [2.45, 2.75) is 88.5 Å². The molecular weight excluding hydrogens is 511 g/mol. The van der Waals surface area contributed by atoms with E-state index in [1.54, 1.807) is 6.92 Å². The van der Waals surface area contributed by atoms with E-state index in [4.69, 9.17) is 34.1 Å². The van der Waals surface area contributed by atoms with Crippen LogP contribution in [0.5, 0.6) is 0 Å². The number of phosphoric ester groups is 1. The van der Waals surface area contributed by atoms with Crippen molar-refractivity contribution in [2.75, 3.05) is 13.2 Å². The Kier molecular flexibility index (Phi) is 11.2. The van der Waals surface area contributed by atoms with Crippen molar-refractivity contribution in [2.24, 2.45) is 11.7 Å². The minimum atomic E-state index is -4.95. The maximum absolute atomic E-state index is 12.5. The first-order valence-electron chi connectivity index (χ1n) is 11.2. The number of carbonyl (C=O) groups excluding carboxylic acids is 1. The topological polar surface area (TPSA) is 257 Å². The van der Waals surface area contributed by atoms with Gasteiger partial charge in [-0.1, -0.05) is 6.92 Å². The van der Waals surface area contributed by atoms with Crippen molar-refractivity contribution >= 4 is 19.7 Å². The van der Waals surface area contributed by atoms with Crippen LogP contribution < -0.4 is 11.1 Å². The van der Waals surface area contributed by atoms with Gasteiger partial charge in [0.25, 0.3) is 0 Å². The summed E-state index contributed by atoms with van der Waals surface area (Å²) < 4.78 is 39.2. The smallest absolute Gasteiger partial charge is 0.474 e. The van der Waals surface area contributed by atoms with Gasteiger partial charge in [0.15, 0.2) is 12.6 Å². The van der Waals surface area contributed by atoms with Crippen molar-refractivity contribution in [3.8, 4) is 0 Å². The van der Waals surface area contributed by atoms with E-state index in [9.17, 15) is 39.5 Å². The van der Waals surface area contributed by atoms with Crippen LogP contribution in [0.4, 0.5) is 0 Å². The zero-order valence-corrected chi connectivity index (χ0v) is 20.8. The molecule has 210 valence electrons.